The first kappa shape index (κ1) is 12.1. The van der Waals surface area contributed by atoms with E-state index in [4.69, 9.17) is 19.7 Å². The smallest absolute Gasteiger partial charge is 0.245 e. The highest BCUT2D eigenvalue weighted by Crippen LogP contribution is 2.36. The molecular formula is C13H15N3O3. The van der Waals surface area contributed by atoms with Crippen molar-refractivity contribution in [3.05, 3.63) is 41.5 Å². The molecule has 0 spiro atoms. The average molecular weight is 261 g/mol. The van der Waals surface area contributed by atoms with Crippen molar-refractivity contribution < 1.29 is 14.0 Å². The van der Waals surface area contributed by atoms with Crippen LogP contribution >= 0.6 is 0 Å². The molecule has 3 rings (SSSR count). The molecule has 1 aliphatic rings. The van der Waals surface area contributed by atoms with E-state index >= 15 is 0 Å². The monoisotopic (exact) mass is 261 g/mol. The lowest BCUT2D eigenvalue weighted by atomic mass is 10.0. The number of nitrogens with two attached hydrogens (primary N) is 1. The highest BCUT2D eigenvalue weighted by molar-refractivity contribution is 5.42. The van der Waals surface area contributed by atoms with Crippen molar-refractivity contribution in [2.24, 2.45) is 5.73 Å². The number of benzene rings is 1. The van der Waals surface area contributed by atoms with E-state index in [1.807, 2.05) is 24.3 Å². The first-order valence-electron chi connectivity index (χ1n) is 6.09. The van der Waals surface area contributed by atoms with Crippen molar-refractivity contribution in [2.45, 2.75) is 12.0 Å². The molecule has 2 atom stereocenters. The van der Waals surface area contributed by atoms with Crippen molar-refractivity contribution in [1.82, 2.24) is 10.1 Å². The third-order valence-corrected chi connectivity index (χ3v) is 3.13. The number of para-hydroxylation sites is 1. The number of rotatable bonds is 4. The number of hydrogen-bond acceptors (Lipinski definition) is 6. The quantitative estimate of drug-likeness (QED) is 0.891. The fraction of sp³-hybridized carbons (Fsp3) is 0.385. The number of aromatic nitrogens is 2. The number of hydrogen-bond donors (Lipinski definition) is 1. The Morgan fingerprint density at radius 2 is 2.32 bits per heavy atom. The van der Waals surface area contributed by atoms with Gasteiger partial charge >= 0.3 is 0 Å². The van der Waals surface area contributed by atoms with Gasteiger partial charge < -0.3 is 19.7 Å². The zero-order valence-electron chi connectivity index (χ0n) is 10.6. The molecule has 0 aliphatic carbocycles. The van der Waals surface area contributed by atoms with Gasteiger partial charge in [0.1, 0.15) is 18.4 Å². The third-order valence-electron chi connectivity index (χ3n) is 3.13. The van der Waals surface area contributed by atoms with Crippen LogP contribution in [-0.4, -0.2) is 30.5 Å². The van der Waals surface area contributed by atoms with Crippen LogP contribution in [0.2, 0.25) is 0 Å². The highest BCUT2D eigenvalue weighted by atomic mass is 16.5. The van der Waals surface area contributed by atoms with E-state index < -0.39 is 6.04 Å². The van der Waals surface area contributed by atoms with Crippen LogP contribution in [0.3, 0.4) is 0 Å². The summed E-state index contributed by atoms with van der Waals surface area (Å²) in [4.78, 5) is 4.35. The molecule has 0 radical (unpaired) electrons. The van der Waals surface area contributed by atoms with Crippen LogP contribution in [0.5, 0.6) is 5.75 Å². The molecule has 0 saturated heterocycles. The molecule has 2 N–H and O–H groups in total. The topological polar surface area (TPSA) is 83.4 Å². The molecule has 1 aromatic heterocycles. The number of nitrogens with zero attached hydrogens (tertiary/aromatic N) is 2. The molecule has 6 heteroatoms. The van der Waals surface area contributed by atoms with Crippen molar-refractivity contribution in [3.63, 3.8) is 0 Å². The molecule has 1 aliphatic heterocycles. The summed E-state index contributed by atoms with van der Waals surface area (Å²) in [5.41, 5.74) is 6.94. The van der Waals surface area contributed by atoms with Crippen LogP contribution in [0.4, 0.5) is 0 Å². The molecule has 1 aromatic carbocycles. The maximum absolute atomic E-state index is 5.86. The van der Waals surface area contributed by atoms with Gasteiger partial charge in [-0.2, -0.15) is 4.98 Å². The summed E-state index contributed by atoms with van der Waals surface area (Å²) in [6.45, 7) is 0.872. The van der Waals surface area contributed by atoms with E-state index in [9.17, 15) is 0 Å². The molecule has 0 bridgehead atoms. The van der Waals surface area contributed by atoms with E-state index in [1.54, 1.807) is 7.11 Å². The Kier molecular flexibility index (Phi) is 3.18. The number of ether oxygens (including phenoxy) is 2. The molecule has 0 fully saturated rings. The molecular weight excluding hydrogens is 246 g/mol. The molecule has 2 aromatic rings. The maximum Gasteiger partial charge on any atom is 0.245 e. The molecule has 19 heavy (non-hydrogen) atoms. The summed E-state index contributed by atoms with van der Waals surface area (Å²) in [5, 5.41) is 4.00. The van der Waals surface area contributed by atoms with E-state index in [0.29, 0.717) is 24.9 Å². The van der Waals surface area contributed by atoms with Crippen molar-refractivity contribution in [2.75, 3.05) is 20.3 Å². The predicted molar refractivity (Wildman–Crippen MR) is 66.9 cm³/mol. The number of fused-ring (bicyclic) bond motifs is 1. The molecule has 2 heterocycles. The zero-order chi connectivity index (χ0) is 13.2. The molecule has 100 valence electrons. The highest BCUT2D eigenvalue weighted by Gasteiger charge is 2.30. The minimum Gasteiger partial charge on any atom is -0.492 e. The zero-order valence-corrected chi connectivity index (χ0v) is 10.6. The van der Waals surface area contributed by atoms with Crippen LogP contribution in [0.1, 0.15) is 29.2 Å². The van der Waals surface area contributed by atoms with Gasteiger partial charge in [0, 0.05) is 12.7 Å². The first-order valence-corrected chi connectivity index (χ1v) is 6.09. The van der Waals surface area contributed by atoms with Gasteiger partial charge in [-0.15, -0.1) is 0 Å². The standard InChI is InChI=1S/C13H15N3O3/c1-17-7-10(14)13-15-12(16-19-13)9-6-18-11-5-3-2-4-8(9)11/h2-5,9-10H,6-7,14H2,1H3. The minimum absolute atomic E-state index is 0.00319. The molecule has 0 saturated carbocycles. The van der Waals surface area contributed by atoms with Gasteiger partial charge in [0.2, 0.25) is 5.89 Å². The van der Waals surface area contributed by atoms with Gasteiger partial charge in [0.05, 0.1) is 12.5 Å². The number of methoxy groups -OCH3 is 1. The summed E-state index contributed by atoms with van der Waals surface area (Å²) in [5.74, 6) is 1.87. The SMILES string of the molecule is COCC(N)c1nc(C2COc3ccccc32)no1. The van der Waals surface area contributed by atoms with E-state index in [1.165, 1.54) is 0 Å². The van der Waals surface area contributed by atoms with Crippen LogP contribution in [-0.2, 0) is 4.74 Å². The van der Waals surface area contributed by atoms with E-state index in [-0.39, 0.29) is 5.92 Å². The van der Waals surface area contributed by atoms with Crippen molar-refractivity contribution in [1.29, 1.82) is 0 Å². The van der Waals surface area contributed by atoms with Crippen LogP contribution in [0.15, 0.2) is 28.8 Å². The van der Waals surface area contributed by atoms with Gasteiger partial charge in [0.15, 0.2) is 5.82 Å². The van der Waals surface area contributed by atoms with Gasteiger partial charge in [-0.05, 0) is 6.07 Å². The average Bonchev–Trinajstić information content (AvgIpc) is 3.05. The summed E-state index contributed by atoms with van der Waals surface area (Å²) < 4.78 is 15.8. The Morgan fingerprint density at radius 1 is 1.47 bits per heavy atom. The minimum atomic E-state index is -0.399. The molecule has 6 nitrogen and oxygen atoms in total. The van der Waals surface area contributed by atoms with Crippen LogP contribution in [0, 0.1) is 0 Å². The van der Waals surface area contributed by atoms with E-state index in [2.05, 4.69) is 10.1 Å². The summed E-state index contributed by atoms with van der Waals surface area (Å²) in [7, 11) is 1.58. The van der Waals surface area contributed by atoms with Crippen molar-refractivity contribution in [3.8, 4) is 5.75 Å². The lowest BCUT2D eigenvalue weighted by molar-refractivity contribution is 0.166. The third kappa shape index (κ3) is 2.20. The van der Waals surface area contributed by atoms with Gasteiger partial charge in [0.25, 0.3) is 0 Å². The Balaban J connectivity index is 1.85. The van der Waals surface area contributed by atoms with Crippen LogP contribution in [0.25, 0.3) is 0 Å². The predicted octanol–water partition coefficient (Wildman–Crippen LogP) is 1.24. The Labute approximate surface area is 110 Å². The normalized spacial score (nSPS) is 18.9. The Morgan fingerprint density at radius 3 is 3.16 bits per heavy atom. The lowest BCUT2D eigenvalue weighted by Gasteiger charge is -2.04. The van der Waals surface area contributed by atoms with E-state index in [0.717, 1.165) is 11.3 Å². The Bertz CT molecular complexity index is 570. The fourth-order valence-electron chi connectivity index (χ4n) is 2.17. The summed E-state index contributed by atoms with van der Waals surface area (Å²) >= 11 is 0. The van der Waals surface area contributed by atoms with Gasteiger partial charge in [-0.25, -0.2) is 0 Å². The van der Waals surface area contributed by atoms with Crippen LogP contribution < -0.4 is 10.5 Å². The summed E-state index contributed by atoms with van der Waals surface area (Å²) in [6.07, 6.45) is 0. The maximum atomic E-state index is 5.86. The largest absolute Gasteiger partial charge is 0.492 e. The summed E-state index contributed by atoms with van der Waals surface area (Å²) in [6, 6.07) is 7.46. The first-order chi connectivity index (χ1) is 9.29. The molecule has 0 amide bonds. The second-order valence-corrected chi connectivity index (χ2v) is 4.45. The molecule has 2 unspecified atom stereocenters. The second kappa shape index (κ2) is 4.99. The fourth-order valence-corrected chi connectivity index (χ4v) is 2.17. The Hall–Kier alpha value is -1.92. The second-order valence-electron chi connectivity index (χ2n) is 4.45. The van der Waals surface area contributed by atoms with Crippen molar-refractivity contribution >= 4 is 0 Å². The van der Waals surface area contributed by atoms with Gasteiger partial charge in [-0.1, -0.05) is 23.4 Å². The lowest BCUT2D eigenvalue weighted by Crippen LogP contribution is -2.16. The van der Waals surface area contributed by atoms with Gasteiger partial charge in [-0.3, -0.25) is 0 Å².